The molecule has 0 aliphatic rings. The smallest absolute Gasteiger partial charge is 0.300 e. The molecule has 0 radical (unpaired) electrons. The van der Waals surface area contributed by atoms with Crippen LogP contribution in [0.4, 0.5) is 5.69 Å². The Balaban J connectivity index is 1.55. The van der Waals surface area contributed by atoms with E-state index in [-0.39, 0.29) is 28.4 Å². The number of hydrogen-bond acceptors (Lipinski definition) is 3. The normalized spacial score (nSPS) is 10.5. The first-order valence-corrected chi connectivity index (χ1v) is 11.4. The lowest BCUT2D eigenvalue weighted by atomic mass is 10.0. The van der Waals surface area contributed by atoms with Gasteiger partial charge in [0.05, 0.1) is 10.7 Å². The molecule has 0 aliphatic heterocycles. The van der Waals surface area contributed by atoms with E-state index < -0.39 is 11.8 Å². The second-order valence-corrected chi connectivity index (χ2v) is 8.63. The molecule has 0 bridgehead atoms. The van der Waals surface area contributed by atoms with Crippen molar-refractivity contribution in [2.45, 2.75) is 6.54 Å². The number of amides is 2. The van der Waals surface area contributed by atoms with Gasteiger partial charge in [-0.25, -0.2) is 9.97 Å². The Bertz CT molecular complexity index is 1370. The highest BCUT2D eigenvalue weighted by atomic mass is 79.9. The van der Waals surface area contributed by atoms with Crippen LogP contribution in [0, 0.1) is 0 Å². The van der Waals surface area contributed by atoms with Crippen LogP contribution in [-0.2, 0) is 6.54 Å². The molecule has 1 heterocycles. The van der Waals surface area contributed by atoms with Crippen LogP contribution in [0.3, 0.4) is 0 Å². The third-order valence-corrected chi connectivity index (χ3v) is 5.85. The second-order valence-electron chi connectivity index (χ2n) is 7.30. The number of carbonyl (C=O) groups excluding carboxylic acids is 3. The lowest BCUT2D eigenvalue weighted by molar-refractivity contribution is -0.379. The lowest BCUT2D eigenvalue weighted by Gasteiger charge is -2.11. The summed E-state index contributed by atoms with van der Waals surface area (Å²) in [6.45, 7) is 0.308. The topological polar surface area (TPSA) is 105 Å². The third kappa shape index (κ3) is 5.24. The minimum absolute atomic E-state index is 0.0321. The van der Waals surface area contributed by atoms with Crippen molar-refractivity contribution in [1.29, 1.82) is 0 Å². The van der Waals surface area contributed by atoms with Gasteiger partial charge in [-0.3, -0.25) is 14.4 Å². The van der Waals surface area contributed by atoms with Crippen LogP contribution >= 0.6 is 27.5 Å². The molecule has 0 aliphatic carbocycles. The fourth-order valence-electron chi connectivity index (χ4n) is 3.34. The Morgan fingerprint density at radius 3 is 2.41 bits per heavy atom. The number of nitrogens with one attached hydrogen (secondary N) is 4. The van der Waals surface area contributed by atoms with Crippen LogP contribution in [0.5, 0.6) is 0 Å². The van der Waals surface area contributed by atoms with Gasteiger partial charge in [-0.05, 0) is 35.9 Å². The molecular weight excluding hydrogens is 520 g/mol. The van der Waals surface area contributed by atoms with Gasteiger partial charge in [-0.2, -0.15) is 0 Å². The number of benzene rings is 3. The van der Waals surface area contributed by atoms with E-state index in [0.29, 0.717) is 21.6 Å². The standard InChI is InChI=1S/C25H18BrClN4O3/c26-16-10-11-20(18(12-16)23(32)17-8-4-5-9-19(17)27)31-25(34)22-21(29-14-30-22)24(33)28-13-15-6-2-1-3-7-15/h1-12,14H,13H2,(H,28,33)(H,29,30)(H,31,34)/p+1. The summed E-state index contributed by atoms with van der Waals surface area (Å²) in [6, 6.07) is 21.0. The monoisotopic (exact) mass is 537 g/mol. The molecular formula is C25H19BrClN4O3+. The maximum atomic E-state index is 13.2. The summed E-state index contributed by atoms with van der Waals surface area (Å²) >= 11 is 9.57. The largest absolute Gasteiger partial charge is 0.345 e. The quantitative estimate of drug-likeness (QED) is 0.298. The number of anilines is 1. The SMILES string of the molecule is O=C(c1ccccc1Cl)c1cc(Br)ccc1NC(=O)c1[nH+]c[nH]c1C(=O)NCc1ccccc1. The van der Waals surface area contributed by atoms with Crippen LogP contribution in [0.1, 0.15) is 42.5 Å². The number of ketones is 1. The van der Waals surface area contributed by atoms with Gasteiger partial charge >= 0.3 is 0 Å². The molecule has 2 amide bonds. The number of hydrogen-bond donors (Lipinski definition) is 3. The zero-order chi connectivity index (χ0) is 24.1. The van der Waals surface area contributed by atoms with Crippen LogP contribution in [0.15, 0.2) is 83.6 Å². The molecule has 3 aromatic carbocycles. The van der Waals surface area contributed by atoms with E-state index in [4.69, 9.17) is 11.6 Å². The molecule has 0 fully saturated rings. The molecule has 9 heteroatoms. The van der Waals surface area contributed by atoms with Crippen molar-refractivity contribution in [3.8, 4) is 0 Å². The molecule has 0 saturated carbocycles. The average Bonchev–Trinajstić information content (AvgIpc) is 3.34. The summed E-state index contributed by atoms with van der Waals surface area (Å²) in [5.74, 6) is -1.37. The molecule has 4 N–H and O–H groups in total. The van der Waals surface area contributed by atoms with Crippen molar-refractivity contribution in [3.05, 3.63) is 117 Å². The fourth-order valence-corrected chi connectivity index (χ4v) is 3.92. The molecule has 7 nitrogen and oxygen atoms in total. The Morgan fingerprint density at radius 1 is 0.912 bits per heavy atom. The molecule has 4 rings (SSSR count). The van der Waals surface area contributed by atoms with Crippen LogP contribution in [0.2, 0.25) is 5.02 Å². The predicted molar refractivity (Wildman–Crippen MR) is 132 cm³/mol. The molecule has 0 unspecified atom stereocenters. The highest BCUT2D eigenvalue weighted by Crippen LogP contribution is 2.27. The minimum atomic E-state index is -0.582. The van der Waals surface area contributed by atoms with E-state index in [1.165, 1.54) is 6.33 Å². The summed E-state index contributed by atoms with van der Waals surface area (Å²) in [6.07, 6.45) is 1.39. The second kappa shape index (κ2) is 10.5. The van der Waals surface area contributed by atoms with E-state index >= 15 is 0 Å². The van der Waals surface area contributed by atoms with Gasteiger partial charge < -0.3 is 10.6 Å². The van der Waals surface area contributed by atoms with E-state index in [1.54, 1.807) is 42.5 Å². The van der Waals surface area contributed by atoms with Crippen molar-refractivity contribution in [3.63, 3.8) is 0 Å². The van der Waals surface area contributed by atoms with Crippen molar-refractivity contribution in [2.24, 2.45) is 0 Å². The first-order valence-electron chi connectivity index (χ1n) is 10.3. The van der Waals surface area contributed by atoms with Gasteiger partial charge in [-0.15, -0.1) is 0 Å². The van der Waals surface area contributed by atoms with Crippen LogP contribution in [0.25, 0.3) is 0 Å². The minimum Gasteiger partial charge on any atom is -0.345 e. The first-order chi connectivity index (χ1) is 16.4. The first kappa shape index (κ1) is 23.4. The molecule has 0 spiro atoms. The van der Waals surface area contributed by atoms with Gasteiger partial charge in [0.15, 0.2) is 5.78 Å². The Morgan fingerprint density at radius 2 is 1.65 bits per heavy atom. The maximum absolute atomic E-state index is 13.2. The van der Waals surface area contributed by atoms with Crippen LogP contribution < -0.4 is 15.6 Å². The van der Waals surface area contributed by atoms with Crippen molar-refractivity contribution in [1.82, 2.24) is 10.3 Å². The summed E-state index contributed by atoms with van der Waals surface area (Å²) in [5.41, 5.74) is 1.88. The summed E-state index contributed by atoms with van der Waals surface area (Å²) in [5, 5.41) is 5.81. The number of aromatic amines is 2. The maximum Gasteiger partial charge on any atom is 0.300 e. The highest BCUT2D eigenvalue weighted by Gasteiger charge is 2.27. The lowest BCUT2D eigenvalue weighted by Crippen LogP contribution is -2.29. The summed E-state index contributed by atoms with van der Waals surface area (Å²) < 4.78 is 0.662. The molecule has 34 heavy (non-hydrogen) atoms. The van der Waals surface area contributed by atoms with E-state index in [0.717, 1.165) is 5.56 Å². The van der Waals surface area contributed by atoms with Crippen molar-refractivity contribution < 1.29 is 19.4 Å². The van der Waals surface area contributed by atoms with Gasteiger partial charge in [0.25, 0.3) is 11.8 Å². The zero-order valence-electron chi connectivity index (χ0n) is 17.7. The van der Waals surface area contributed by atoms with Crippen molar-refractivity contribution >= 4 is 50.8 Å². The van der Waals surface area contributed by atoms with Gasteiger partial charge in [0.1, 0.15) is 0 Å². The molecule has 4 aromatic rings. The van der Waals surface area contributed by atoms with Gasteiger partial charge in [-0.1, -0.05) is 70.0 Å². The number of carbonyl (C=O) groups is 3. The summed E-state index contributed by atoms with van der Waals surface area (Å²) in [4.78, 5) is 44.4. The number of aromatic nitrogens is 2. The Hall–Kier alpha value is -3.75. The van der Waals surface area contributed by atoms with Crippen molar-refractivity contribution in [2.75, 3.05) is 5.32 Å². The zero-order valence-corrected chi connectivity index (χ0v) is 20.0. The average molecular weight is 539 g/mol. The van der Waals surface area contributed by atoms with E-state index in [9.17, 15) is 14.4 Å². The number of imidazole rings is 1. The predicted octanol–water partition coefficient (Wildman–Crippen LogP) is 4.66. The van der Waals surface area contributed by atoms with E-state index in [2.05, 4.69) is 36.5 Å². The Labute approximate surface area is 208 Å². The van der Waals surface area contributed by atoms with Crippen LogP contribution in [-0.4, -0.2) is 22.6 Å². The molecule has 1 aromatic heterocycles. The number of H-pyrrole nitrogens is 2. The third-order valence-electron chi connectivity index (χ3n) is 5.03. The van der Waals surface area contributed by atoms with E-state index in [1.807, 2.05) is 30.3 Å². The number of halogens is 2. The van der Waals surface area contributed by atoms with Gasteiger partial charge in [0.2, 0.25) is 17.7 Å². The molecule has 170 valence electrons. The fraction of sp³-hybridized carbons (Fsp3) is 0.0400. The number of rotatable bonds is 7. The molecule has 0 saturated heterocycles. The Kier molecular flexibility index (Phi) is 7.20. The molecule has 0 atom stereocenters. The highest BCUT2D eigenvalue weighted by molar-refractivity contribution is 9.10. The van der Waals surface area contributed by atoms with Gasteiger partial charge in [0, 0.05) is 22.1 Å². The summed E-state index contributed by atoms with van der Waals surface area (Å²) in [7, 11) is 0.